The number of nitriles is 1. The fourth-order valence-corrected chi connectivity index (χ4v) is 7.43. The van der Waals surface area contributed by atoms with E-state index in [1.54, 1.807) is 18.3 Å². The van der Waals surface area contributed by atoms with E-state index in [0.29, 0.717) is 17.0 Å². The van der Waals surface area contributed by atoms with Crippen LogP contribution in [0.25, 0.3) is 21.9 Å². The third-order valence-electron chi connectivity index (χ3n) is 9.91. The minimum atomic E-state index is 0.171. The fraction of sp³-hybridized carbons (Fsp3) is 0.256. The molecule has 0 saturated heterocycles. The normalized spacial score (nSPS) is 20.2. The lowest BCUT2D eigenvalue weighted by Gasteiger charge is -2.37. The molecule has 4 nitrogen and oxygen atoms in total. The minimum Gasteiger partial charge on any atom is -0.282 e. The summed E-state index contributed by atoms with van der Waals surface area (Å²) in [6, 6.07) is 40.9. The van der Waals surface area contributed by atoms with Crippen molar-refractivity contribution in [2.45, 2.75) is 58.3 Å². The van der Waals surface area contributed by atoms with Crippen LogP contribution >= 0.6 is 0 Å². The maximum absolute atomic E-state index is 9.16. The van der Waals surface area contributed by atoms with Crippen LogP contribution in [0.1, 0.15) is 75.1 Å². The number of hydrogen-bond donors (Lipinski definition) is 1. The van der Waals surface area contributed by atoms with E-state index in [-0.39, 0.29) is 11.3 Å². The van der Waals surface area contributed by atoms with Crippen molar-refractivity contribution in [3.05, 3.63) is 138 Å². The zero-order valence-corrected chi connectivity index (χ0v) is 27.6. The van der Waals surface area contributed by atoms with Gasteiger partial charge in [-0.1, -0.05) is 125 Å². The van der Waals surface area contributed by atoms with Gasteiger partial charge < -0.3 is 0 Å². The highest BCUT2D eigenvalue weighted by molar-refractivity contribution is 6.40. The third kappa shape index (κ3) is 7.00. The summed E-state index contributed by atoms with van der Waals surface area (Å²) in [5, 5.41) is 20.5. The number of rotatable bonds is 7. The maximum atomic E-state index is 9.16. The SMILES string of the molecule is CCC1(c2ccc(-c3ccc(C(C=Nc4ccc(C#N)cc4)=NC(=N)c4ccccc4)cc3)c3ccccc23)C[C@H](C)CC[C@H](C)C1. The Kier molecular flexibility index (Phi) is 9.55. The molecule has 1 aliphatic carbocycles. The van der Waals surface area contributed by atoms with Crippen molar-refractivity contribution >= 4 is 34.2 Å². The van der Waals surface area contributed by atoms with Gasteiger partial charge in [0, 0.05) is 11.1 Å². The Morgan fingerprint density at radius 2 is 1.43 bits per heavy atom. The van der Waals surface area contributed by atoms with E-state index < -0.39 is 0 Å². The molecule has 3 atom stereocenters. The van der Waals surface area contributed by atoms with E-state index in [1.807, 2.05) is 42.5 Å². The molecule has 234 valence electrons. The molecule has 0 heterocycles. The molecule has 0 bridgehead atoms. The van der Waals surface area contributed by atoms with Gasteiger partial charge in [0.05, 0.1) is 29.2 Å². The van der Waals surface area contributed by atoms with Gasteiger partial charge in [0.15, 0.2) is 5.84 Å². The Morgan fingerprint density at radius 3 is 2.06 bits per heavy atom. The summed E-state index contributed by atoms with van der Waals surface area (Å²) in [7, 11) is 0. The highest BCUT2D eigenvalue weighted by atomic mass is 14.9. The monoisotopic (exact) mass is 614 g/mol. The first kappa shape index (κ1) is 31.8. The Morgan fingerprint density at radius 1 is 0.787 bits per heavy atom. The molecule has 0 radical (unpaired) electrons. The van der Waals surface area contributed by atoms with Crippen molar-refractivity contribution in [3.63, 3.8) is 0 Å². The number of benzene rings is 5. The second-order valence-corrected chi connectivity index (χ2v) is 13.2. The van der Waals surface area contributed by atoms with E-state index in [1.165, 1.54) is 47.6 Å². The molecule has 0 aliphatic heterocycles. The lowest BCUT2D eigenvalue weighted by Crippen LogP contribution is -2.28. The minimum absolute atomic E-state index is 0.171. The lowest BCUT2D eigenvalue weighted by molar-refractivity contribution is 0.297. The maximum Gasteiger partial charge on any atom is 0.152 e. The molecule has 0 amide bonds. The van der Waals surface area contributed by atoms with Crippen molar-refractivity contribution in [2.24, 2.45) is 21.8 Å². The molecule has 5 aromatic rings. The molecule has 6 rings (SSSR count). The fourth-order valence-electron chi connectivity index (χ4n) is 7.43. The van der Waals surface area contributed by atoms with E-state index in [2.05, 4.69) is 92.5 Å². The Balaban J connectivity index is 1.38. The molecule has 4 heteroatoms. The van der Waals surface area contributed by atoms with Crippen molar-refractivity contribution in [3.8, 4) is 17.2 Å². The van der Waals surface area contributed by atoms with Crippen LogP contribution in [0.4, 0.5) is 5.69 Å². The summed E-state index contributed by atoms with van der Waals surface area (Å²) < 4.78 is 0. The van der Waals surface area contributed by atoms with Crippen LogP contribution in [0, 0.1) is 28.6 Å². The smallest absolute Gasteiger partial charge is 0.152 e. The van der Waals surface area contributed by atoms with Gasteiger partial charge in [0.1, 0.15) is 0 Å². The number of nitrogens with zero attached hydrogens (tertiary/aromatic N) is 3. The van der Waals surface area contributed by atoms with Crippen LogP contribution < -0.4 is 0 Å². The summed E-state index contributed by atoms with van der Waals surface area (Å²) >= 11 is 0. The molecule has 1 N–H and O–H groups in total. The van der Waals surface area contributed by atoms with Gasteiger partial charge in [0.25, 0.3) is 0 Å². The molecule has 1 aliphatic rings. The van der Waals surface area contributed by atoms with Crippen LogP contribution in [0.3, 0.4) is 0 Å². The van der Waals surface area contributed by atoms with E-state index in [4.69, 9.17) is 15.7 Å². The number of amidine groups is 1. The van der Waals surface area contributed by atoms with E-state index >= 15 is 0 Å². The van der Waals surface area contributed by atoms with Gasteiger partial charge in [-0.05, 0) is 88.2 Å². The Bertz CT molecular complexity index is 1950. The second-order valence-electron chi connectivity index (χ2n) is 13.2. The molecular formula is C43H42N4. The average molecular weight is 615 g/mol. The molecular weight excluding hydrogens is 573 g/mol. The zero-order valence-electron chi connectivity index (χ0n) is 27.6. The molecule has 5 aromatic carbocycles. The highest BCUT2D eigenvalue weighted by Gasteiger charge is 2.37. The predicted octanol–water partition coefficient (Wildman–Crippen LogP) is 11.1. The average Bonchev–Trinajstić information content (AvgIpc) is 3.27. The molecule has 1 saturated carbocycles. The van der Waals surface area contributed by atoms with Gasteiger partial charge in [0.2, 0.25) is 0 Å². The third-order valence-corrected chi connectivity index (χ3v) is 9.91. The van der Waals surface area contributed by atoms with Crippen molar-refractivity contribution in [2.75, 3.05) is 0 Å². The topological polar surface area (TPSA) is 72.4 Å². The van der Waals surface area contributed by atoms with Crippen LogP contribution in [0.5, 0.6) is 0 Å². The predicted molar refractivity (Wildman–Crippen MR) is 197 cm³/mol. The first-order valence-corrected chi connectivity index (χ1v) is 16.8. The van der Waals surface area contributed by atoms with E-state index in [9.17, 15) is 0 Å². The summed E-state index contributed by atoms with van der Waals surface area (Å²) in [6.07, 6.45) is 7.99. The van der Waals surface area contributed by atoms with Crippen molar-refractivity contribution in [1.82, 2.24) is 0 Å². The Labute approximate surface area is 279 Å². The summed E-state index contributed by atoms with van der Waals surface area (Å²) in [4.78, 5) is 9.37. The van der Waals surface area contributed by atoms with Gasteiger partial charge >= 0.3 is 0 Å². The van der Waals surface area contributed by atoms with Gasteiger partial charge in [-0.2, -0.15) is 5.26 Å². The largest absolute Gasteiger partial charge is 0.282 e. The second kappa shape index (κ2) is 14.1. The summed E-state index contributed by atoms with van der Waals surface area (Å²) in [6.45, 7) is 7.26. The van der Waals surface area contributed by atoms with Gasteiger partial charge in [-0.3, -0.25) is 10.4 Å². The molecule has 0 aromatic heterocycles. The van der Waals surface area contributed by atoms with Gasteiger partial charge in [-0.25, -0.2) is 4.99 Å². The first-order chi connectivity index (χ1) is 22.9. The standard InChI is InChI=1S/C43H42N4/c1-4-43(26-30(2)14-15-31(3)27-43)40-25-24-37(38-12-8-9-13-39(38)40)33-18-20-34(21-19-33)41(47-42(45)35-10-6-5-7-11-35)29-46-36-22-16-32(28-44)17-23-36/h5-13,16-25,29-31,45H,4,14-15,26-27H2,1-3H3/t30-,31+,43?. The molecule has 47 heavy (non-hydrogen) atoms. The van der Waals surface area contributed by atoms with Crippen molar-refractivity contribution < 1.29 is 0 Å². The molecule has 1 fully saturated rings. The van der Waals surface area contributed by atoms with Crippen LogP contribution in [0.15, 0.2) is 125 Å². The van der Waals surface area contributed by atoms with Crippen LogP contribution in [0.2, 0.25) is 0 Å². The molecule has 1 unspecified atom stereocenters. The quantitative estimate of drug-likeness (QED) is 0.111. The lowest BCUT2D eigenvalue weighted by atomic mass is 9.67. The van der Waals surface area contributed by atoms with Crippen molar-refractivity contribution in [1.29, 1.82) is 10.7 Å². The summed E-state index contributed by atoms with van der Waals surface area (Å²) in [5.74, 6) is 1.63. The number of aliphatic imine (C=N–C) groups is 2. The number of hydrogen-bond acceptors (Lipinski definition) is 3. The van der Waals surface area contributed by atoms with Gasteiger partial charge in [-0.15, -0.1) is 0 Å². The Hall–Kier alpha value is -5.14. The van der Waals surface area contributed by atoms with E-state index in [0.717, 1.165) is 34.9 Å². The van der Waals surface area contributed by atoms with Crippen LogP contribution in [-0.2, 0) is 5.41 Å². The van der Waals surface area contributed by atoms with Crippen LogP contribution in [-0.4, -0.2) is 17.8 Å². The number of fused-ring (bicyclic) bond motifs is 1. The highest BCUT2D eigenvalue weighted by Crippen LogP contribution is 2.48. The first-order valence-electron chi connectivity index (χ1n) is 16.8. The summed E-state index contributed by atoms with van der Waals surface area (Å²) in [5.41, 5.74) is 7.57. The number of nitrogens with one attached hydrogen (secondary N) is 1. The zero-order chi connectivity index (χ0) is 32.8. The molecule has 0 spiro atoms.